The molecule has 4 aromatic rings. The second-order valence-electron chi connectivity index (χ2n) is 6.90. The third kappa shape index (κ3) is 4.30. The molecular formula is C23H19ClFN3O. The molecule has 0 fully saturated rings. The van der Waals surface area contributed by atoms with E-state index < -0.39 is 0 Å². The molecule has 1 unspecified atom stereocenters. The first kappa shape index (κ1) is 19.2. The van der Waals surface area contributed by atoms with Crippen LogP contribution in [0.1, 0.15) is 28.6 Å². The molecule has 0 radical (unpaired) electrons. The van der Waals surface area contributed by atoms with E-state index in [1.165, 1.54) is 12.1 Å². The fourth-order valence-electron chi connectivity index (χ4n) is 3.08. The van der Waals surface area contributed by atoms with Crippen molar-refractivity contribution in [3.63, 3.8) is 0 Å². The maximum atomic E-state index is 13.6. The summed E-state index contributed by atoms with van der Waals surface area (Å²) >= 11 is 6.06. The average Bonchev–Trinajstić information content (AvgIpc) is 3.19. The van der Waals surface area contributed by atoms with Gasteiger partial charge in [0, 0.05) is 16.3 Å². The Morgan fingerprint density at radius 3 is 2.52 bits per heavy atom. The minimum absolute atomic E-state index is 0.265. The van der Waals surface area contributed by atoms with Gasteiger partial charge in [-0.15, -0.1) is 10.2 Å². The lowest BCUT2D eigenvalue weighted by atomic mass is 10.0. The van der Waals surface area contributed by atoms with Gasteiger partial charge in [-0.25, -0.2) is 4.39 Å². The standard InChI is InChI=1S/C23H19ClFN3O/c1-14-6-7-15(2)20(12-14)26-21(16-8-10-18(24)11-9-16)23-28-27-22(29-23)17-4-3-5-19(25)13-17/h3-13,21,26H,1-2H3. The first-order valence-electron chi connectivity index (χ1n) is 9.18. The molecule has 146 valence electrons. The predicted octanol–water partition coefficient (Wildman–Crippen LogP) is 6.35. The molecule has 29 heavy (non-hydrogen) atoms. The van der Waals surface area contributed by atoms with E-state index in [2.05, 4.69) is 33.7 Å². The van der Waals surface area contributed by atoms with Crippen molar-refractivity contribution < 1.29 is 8.81 Å². The van der Waals surface area contributed by atoms with Crippen LogP contribution in [0.2, 0.25) is 5.02 Å². The van der Waals surface area contributed by atoms with Crippen molar-refractivity contribution in [3.8, 4) is 11.5 Å². The second-order valence-corrected chi connectivity index (χ2v) is 7.34. The van der Waals surface area contributed by atoms with Crippen molar-refractivity contribution in [2.24, 2.45) is 0 Å². The molecule has 0 saturated heterocycles. The number of hydrogen-bond acceptors (Lipinski definition) is 4. The van der Waals surface area contributed by atoms with Gasteiger partial charge in [0.2, 0.25) is 11.8 Å². The Balaban J connectivity index is 1.74. The highest BCUT2D eigenvalue weighted by atomic mass is 35.5. The van der Waals surface area contributed by atoms with Gasteiger partial charge in [0.1, 0.15) is 11.9 Å². The Morgan fingerprint density at radius 1 is 0.966 bits per heavy atom. The molecule has 1 N–H and O–H groups in total. The highest BCUT2D eigenvalue weighted by Crippen LogP contribution is 2.30. The monoisotopic (exact) mass is 407 g/mol. The number of nitrogens with one attached hydrogen (secondary N) is 1. The predicted molar refractivity (Wildman–Crippen MR) is 113 cm³/mol. The van der Waals surface area contributed by atoms with Crippen LogP contribution in [0.3, 0.4) is 0 Å². The van der Waals surface area contributed by atoms with Crippen LogP contribution in [0, 0.1) is 19.7 Å². The lowest BCUT2D eigenvalue weighted by Gasteiger charge is -2.19. The summed E-state index contributed by atoms with van der Waals surface area (Å²) in [5.41, 5.74) is 4.66. The van der Waals surface area contributed by atoms with Gasteiger partial charge in [-0.3, -0.25) is 0 Å². The number of hydrogen-bond donors (Lipinski definition) is 1. The van der Waals surface area contributed by atoms with Crippen LogP contribution in [0.15, 0.2) is 71.1 Å². The van der Waals surface area contributed by atoms with E-state index in [1.54, 1.807) is 12.1 Å². The molecule has 0 saturated carbocycles. The topological polar surface area (TPSA) is 51.0 Å². The Bertz CT molecular complexity index is 1140. The molecule has 1 atom stereocenters. The number of rotatable bonds is 5. The molecule has 4 nitrogen and oxygen atoms in total. The summed E-state index contributed by atoms with van der Waals surface area (Å²) in [7, 11) is 0. The summed E-state index contributed by atoms with van der Waals surface area (Å²) in [5.74, 6) is 0.290. The van der Waals surface area contributed by atoms with Crippen molar-refractivity contribution >= 4 is 17.3 Å². The highest BCUT2D eigenvalue weighted by molar-refractivity contribution is 6.30. The molecule has 0 aliphatic rings. The Labute approximate surface area is 173 Å². The van der Waals surface area contributed by atoms with E-state index in [9.17, 15) is 4.39 Å². The summed E-state index contributed by atoms with van der Waals surface area (Å²) in [6, 6.07) is 19.4. The number of aromatic nitrogens is 2. The van der Waals surface area contributed by atoms with Crippen molar-refractivity contribution in [3.05, 3.63) is 100 Å². The molecule has 4 rings (SSSR count). The fourth-order valence-corrected chi connectivity index (χ4v) is 3.21. The van der Waals surface area contributed by atoms with Crippen molar-refractivity contribution in [1.82, 2.24) is 10.2 Å². The number of anilines is 1. The molecule has 0 bridgehead atoms. The first-order chi connectivity index (χ1) is 14.0. The third-order valence-corrected chi connectivity index (χ3v) is 4.91. The summed E-state index contributed by atoms with van der Waals surface area (Å²) in [4.78, 5) is 0. The highest BCUT2D eigenvalue weighted by Gasteiger charge is 2.22. The van der Waals surface area contributed by atoms with E-state index in [1.807, 2.05) is 38.1 Å². The first-order valence-corrected chi connectivity index (χ1v) is 9.56. The van der Waals surface area contributed by atoms with Crippen LogP contribution in [-0.2, 0) is 0 Å². The van der Waals surface area contributed by atoms with E-state index in [0.29, 0.717) is 16.5 Å². The molecule has 0 aliphatic carbocycles. The molecule has 1 aromatic heterocycles. The van der Waals surface area contributed by atoms with Crippen LogP contribution in [-0.4, -0.2) is 10.2 Å². The van der Waals surface area contributed by atoms with Gasteiger partial charge in [-0.1, -0.05) is 41.9 Å². The van der Waals surface area contributed by atoms with Crippen LogP contribution < -0.4 is 5.32 Å². The van der Waals surface area contributed by atoms with E-state index in [0.717, 1.165) is 22.4 Å². The van der Waals surface area contributed by atoms with Crippen LogP contribution in [0.5, 0.6) is 0 Å². The maximum Gasteiger partial charge on any atom is 0.247 e. The largest absolute Gasteiger partial charge is 0.418 e. The van der Waals surface area contributed by atoms with Crippen LogP contribution in [0.4, 0.5) is 10.1 Å². The van der Waals surface area contributed by atoms with Gasteiger partial charge in [-0.2, -0.15) is 0 Å². The van der Waals surface area contributed by atoms with Gasteiger partial charge in [0.05, 0.1) is 0 Å². The second kappa shape index (κ2) is 8.05. The van der Waals surface area contributed by atoms with Crippen LogP contribution >= 0.6 is 11.6 Å². The van der Waals surface area contributed by atoms with Gasteiger partial charge in [0.25, 0.3) is 0 Å². The lowest BCUT2D eigenvalue weighted by molar-refractivity contribution is 0.493. The normalized spacial score (nSPS) is 12.0. The molecule has 0 aliphatic heterocycles. The maximum absolute atomic E-state index is 13.6. The van der Waals surface area contributed by atoms with Crippen molar-refractivity contribution in [2.75, 3.05) is 5.32 Å². The average molecular weight is 408 g/mol. The molecule has 6 heteroatoms. The SMILES string of the molecule is Cc1ccc(C)c(NC(c2ccc(Cl)cc2)c2nnc(-c3cccc(F)c3)o2)c1. The number of benzene rings is 3. The smallest absolute Gasteiger partial charge is 0.247 e. The summed E-state index contributed by atoms with van der Waals surface area (Å²) < 4.78 is 19.5. The molecule has 3 aromatic carbocycles. The molecule has 1 heterocycles. The summed E-state index contributed by atoms with van der Waals surface area (Å²) in [6.45, 7) is 4.07. The van der Waals surface area contributed by atoms with Crippen molar-refractivity contribution in [2.45, 2.75) is 19.9 Å². The van der Waals surface area contributed by atoms with Crippen molar-refractivity contribution in [1.29, 1.82) is 0 Å². The third-order valence-electron chi connectivity index (χ3n) is 4.66. The minimum atomic E-state index is -0.387. The Kier molecular flexibility index (Phi) is 5.32. The zero-order valence-electron chi connectivity index (χ0n) is 16.0. The number of halogens is 2. The summed E-state index contributed by atoms with van der Waals surface area (Å²) in [5, 5.41) is 12.5. The zero-order chi connectivity index (χ0) is 20.4. The van der Waals surface area contributed by atoms with Gasteiger partial charge in [0.15, 0.2) is 0 Å². The minimum Gasteiger partial charge on any atom is -0.418 e. The van der Waals surface area contributed by atoms with Gasteiger partial charge >= 0.3 is 0 Å². The molecule has 0 spiro atoms. The number of aryl methyl sites for hydroxylation is 2. The van der Waals surface area contributed by atoms with E-state index in [-0.39, 0.29) is 17.7 Å². The van der Waals surface area contributed by atoms with Gasteiger partial charge < -0.3 is 9.73 Å². The Hall–Kier alpha value is -3.18. The molecule has 0 amide bonds. The summed E-state index contributed by atoms with van der Waals surface area (Å²) in [6.07, 6.45) is 0. The van der Waals surface area contributed by atoms with E-state index in [4.69, 9.17) is 16.0 Å². The van der Waals surface area contributed by atoms with Crippen LogP contribution in [0.25, 0.3) is 11.5 Å². The molecular weight excluding hydrogens is 389 g/mol. The lowest BCUT2D eigenvalue weighted by Crippen LogP contribution is -2.13. The zero-order valence-corrected chi connectivity index (χ0v) is 16.7. The quantitative estimate of drug-likeness (QED) is 0.419. The van der Waals surface area contributed by atoms with Gasteiger partial charge in [-0.05, 0) is 66.9 Å². The fraction of sp³-hybridized carbons (Fsp3) is 0.130. The van der Waals surface area contributed by atoms with E-state index >= 15 is 0 Å². The number of nitrogens with zero attached hydrogens (tertiary/aromatic N) is 2. The Morgan fingerprint density at radius 2 is 1.76 bits per heavy atom.